The highest BCUT2D eigenvalue weighted by molar-refractivity contribution is 6.31. The SMILES string of the molecule is CCOC(C1CC1)C(O)c1ccccc1Cl. The molecule has 1 N–H and O–H groups in total. The molecular weight excluding hydrogens is 224 g/mol. The summed E-state index contributed by atoms with van der Waals surface area (Å²) in [6.45, 7) is 2.58. The monoisotopic (exact) mass is 240 g/mol. The Balaban J connectivity index is 2.15. The van der Waals surface area contributed by atoms with Crippen LogP contribution in [0.15, 0.2) is 24.3 Å². The number of ether oxygens (including phenoxy) is 1. The summed E-state index contributed by atoms with van der Waals surface area (Å²) < 4.78 is 5.63. The van der Waals surface area contributed by atoms with Crippen LogP contribution < -0.4 is 0 Å². The van der Waals surface area contributed by atoms with Crippen molar-refractivity contribution in [3.8, 4) is 0 Å². The molecule has 0 bridgehead atoms. The molecule has 0 aromatic heterocycles. The maximum atomic E-state index is 10.3. The zero-order chi connectivity index (χ0) is 11.5. The number of halogens is 1. The molecule has 0 heterocycles. The Morgan fingerprint density at radius 3 is 2.69 bits per heavy atom. The van der Waals surface area contributed by atoms with Gasteiger partial charge in [0.15, 0.2) is 0 Å². The maximum absolute atomic E-state index is 10.3. The summed E-state index contributed by atoms with van der Waals surface area (Å²) in [5.41, 5.74) is 0.773. The molecule has 2 unspecified atom stereocenters. The van der Waals surface area contributed by atoms with E-state index < -0.39 is 6.10 Å². The minimum Gasteiger partial charge on any atom is -0.386 e. The molecule has 2 atom stereocenters. The van der Waals surface area contributed by atoms with Crippen molar-refractivity contribution >= 4 is 11.6 Å². The number of hydrogen-bond donors (Lipinski definition) is 1. The molecule has 0 spiro atoms. The van der Waals surface area contributed by atoms with E-state index in [-0.39, 0.29) is 6.10 Å². The highest BCUT2D eigenvalue weighted by atomic mass is 35.5. The topological polar surface area (TPSA) is 29.5 Å². The maximum Gasteiger partial charge on any atom is 0.107 e. The Labute approximate surface area is 101 Å². The van der Waals surface area contributed by atoms with E-state index >= 15 is 0 Å². The summed E-state index contributed by atoms with van der Waals surface area (Å²) in [6.07, 6.45) is 1.57. The molecule has 0 amide bonds. The Hall–Kier alpha value is -0.570. The molecule has 0 radical (unpaired) electrons. The highest BCUT2D eigenvalue weighted by Crippen LogP contribution is 2.41. The Morgan fingerprint density at radius 2 is 2.12 bits per heavy atom. The summed E-state index contributed by atoms with van der Waals surface area (Å²) in [5.74, 6) is 0.492. The van der Waals surface area contributed by atoms with Gasteiger partial charge in [-0.15, -0.1) is 0 Å². The Morgan fingerprint density at radius 1 is 1.44 bits per heavy atom. The molecule has 1 saturated carbocycles. The molecule has 3 heteroatoms. The number of hydrogen-bond acceptors (Lipinski definition) is 2. The van der Waals surface area contributed by atoms with Crippen LogP contribution in [-0.2, 0) is 4.74 Å². The first-order valence-corrected chi connectivity index (χ1v) is 6.16. The third kappa shape index (κ3) is 2.57. The quantitative estimate of drug-likeness (QED) is 0.857. The lowest BCUT2D eigenvalue weighted by atomic mass is 10.0. The summed E-state index contributed by atoms with van der Waals surface area (Å²) in [6, 6.07) is 7.42. The first kappa shape index (κ1) is 11.9. The van der Waals surface area contributed by atoms with E-state index in [1.807, 2.05) is 25.1 Å². The van der Waals surface area contributed by atoms with Crippen molar-refractivity contribution in [2.45, 2.75) is 32.0 Å². The van der Waals surface area contributed by atoms with Crippen LogP contribution in [0.1, 0.15) is 31.4 Å². The zero-order valence-electron chi connectivity index (χ0n) is 9.40. The number of aliphatic hydroxyl groups excluding tert-OH is 1. The van der Waals surface area contributed by atoms with Gasteiger partial charge in [-0.25, -0.2) is 0 Å². The van der Waals surface area contributed by atoms with Gasteiger partial charge in [-0.05, 0) is 31.7 Å². The predicted octanol–water partition coefficient (Wildman–Crippen LogP) is 3.19. The molecule has 2 rings (SSSR count). The van der Waals surface area contributed by atoms with Crippen molar-refractivity contribution in [2.75, 3.05) is 6.61 Å². The second-order valence-electron chi connectivity index (χ2n) is 4.22. The van der Waals surface area contributed by atoms with Crippen LogP contribution in [0.2, 0.25) is 5.02 Å². The first-order chi connectivity index (χ1) is 7.74. The lowest BCUT2D eigenvalue weighted by Crippen LogP contribution is -2.24. The van der Waals surface area contributed by atoms with Crippen LogP contribution in [0.3, 0.4) is 0 Å². The Bertz CT molecular complexity index is 350. The van der Waals surface area contributed by atoms with Crippen molar-refractivity contribution in [1.29, 1.82) is 0 Å². The fraction of sp³-hybridized carbons (Fsp3) is 0.538. The third-order valence-corrected chi connectivity index (χ3v) is 3.33. The molecule has 1 fully saturated rings. The average molecular weight is 241 g/mol. The lowest BCUT2D eigenvalue weighted by Gasteiger charge is -2.23. The van der Waals surface area contributed by atoms with Gasteiger partial charge in [0.25, 0.3) is 0 Å². The second-order valence-corrected chi connectivity index (χ2v) is 4.63. The Kier molecular flexibility index (Phi) is 3.85. The van der Waals surface area contributed by atoms with Crippen LogP contribution in [0.25, 0.3) is 0 Å². The van der Waals surface area contributed by atoms with Gasteiger partial charge >= 0.3 is 0 Å². The van der Waals surface area contributed by atoms with Crippen LogP contribution in [0.5, 0.6) is 0 Å². The number of benzene rings is 1. The molecule has 0 saturated heterocycles. The molecule has 1 aromatic carbocycles. The van der Waals surface area contributed by atoms with Crippen molar-refractivity contribution in [1.82, 2.24) is 0 Å². The van der Waals surface area contributed by atoms with Crippen LogP contribution in [0.4, 0.5) is 0 Å². The smallest absolute Gasteiger partial charge is 0.107 e. The summed E-state index contributed by atoms with van der Waals surface area (Å²) in [5, 5.41) is 10.9. The largest absolute Gasteiger partial charge is 0.386 e. The van der Waals surface area contributed by atoms with E-state index in [1.165, 1.54) is 0 Å². The van der Waals surface area contributed by atoms with Gasteiger partial charge in [-0.3, -0.25) is 0 Å². The summed E-state index contributed by atoms with van der Waals surface area (Å²) in [7, 11) is 0. The molecule has 0 aliphatic heterocycles. The van der Waals surface area contributed by atoms with Crippen LogP contribution in [0, 0.1) is 5.92 Å². The van der Waals surface area contributed by atoms with E-state index in [9.17, 15) is 5.11 Å². The van der Waals surface area contributed by atoms with Gasteiger partial charge in [0.05, 0.1) is 6.10 Å². The van der Waals surface area contributed by atoms with Gasteiger partial charge in [-0.2, -0.15) is 0 Å². The molecular formula is C13H17ClO2. The van der Waals surface area contributed by atoms with Crippen LogP contribution in [-0.4, -0.2) is 17.8 Å². The predicted molar refractivity (Wildman–Crippen MR) is 64.5 cm³/mol. The van der Waals surface area contributed by atoms with Crippen molar-refractivity contribution < 1.29 is 9.84 Å². The zero-order valence-corrected chi connectivity index (χ0v) is 10.2. The standard InChI is InChI=1S/C13H17ClO2/c1-2-16-13(9-7-8-9)12(15)10-5-3-4-6-11(10)14/h3-6,9,12-13,15H,2,7-8H2,1H3. The van der Waals surface area contributed by atoms with Crippen molar-refractivity contribution in [3.05, 3.63) is 34.9 Å². The molecule has 88 valence electrons. The number of aliphatic hydroxyl groups is 1. The third-order valence-electron chi connectivity index (χ3n) is 2.98. The van der Waals surface area contributed by atoms with E-state index in [0.717, 1.165) is 18.4 Å². The van der Waals surface area contributed by atoms with Gasteiger partial charge in [0, 0.05) is 17.2 Å². The molecule has 16 heavy (non-hydrogen) atoms. The average Bonchev–Trinajstić information content (AvgIpc) is 3.09. The minimum atomic E-state index is -0.610. The fourth-order valence-electron chi connectivity index (χ4n) is 1.99. The highest BCUT2D eigenvalue weighted by Gasteiger charge is 2.37. The van der Waals surface area contributed by atoms with Gasteiger partial charge in [-0.1, -0.05) is 29.8 Å². The fourth-order valence-corrected chi connectivity index (χ4v) is 2.24. The number of rotatable bonds is 5. The second kappa shape index (κ2) is 5.17. The van der Waals surface area contributed by atoms with Crippen LogP contribution >= 0.6 is 11.6 Å². The molecule has 2 nitrogen and oxygen atoms in total. The summed E-state index contributed by atoms with van der Waals surface area (Å²) in [4.78, 5) is 0. The van der Waals surface area contributed by atoms with E-state index in [2.05, 4.69) is 0 Å². The normalized spacial score (nSPS) is 19.4. The van der Waals surface area contributed by atoms with Gasteiger partial charge in [0.2, 0.25) is 0 Å². The molecule has 1 aliphatic rings. The van der Waals surface area contributed by atoms with E-state index in [1.54, 1.807) is 6.07 Å². The van der Waals surface area contributed by atoms with Crippen molar-refractivity contribution in [2.24, 2.45) is 5.92 Å². The first-order valence-electron chi connectivity index (χ1n) is 5.78. The van der Waals surface area contributed by atoms with Gasteiger partial charge < -0.3 is 9.84 Å². The van der Waals surface area contributed by atoms with Crippen molar-refractivity contribution in [3.63, 3.8) is 0 Å². The minimum absolute atomic E-state index is 0.107. The van der Waals surface area contributed by atoms with E-state index in [4.69, 9.17) is 16.3 Å². The van der Waals surface area contributed by atoms with Gasteiger partial charge in [0.1, 0.15) is 6.10 Å². The lowest BCUT2D eigenvalue weighted by molar-refractivity contribution is -0.0461. The summed E-state index contributed by atoms with van der Waals surface area (Å²) >= 11 is 6.07. The molecule has 1 aromatic rings. The van der Waals surface area contributed by atoms with E-state index in [0.29, 0.717) is 17.5 Å². The molecule has 1 aliphatic carbocycles.